The van der Waals surface area contributed by atoms with Gasteiger partial charge in [0.1, 0.15) is 0 Å². The molecule has 11 heteroatoms. The van der Waals surface area contributed by atoms with Gasteiger partial charge in [-0.1, -0.05) is 13.8 Å². The van der Waals surface area contributed by atoms with E-state index >= 15 is 0 Å². The molecule has 25 heavy (non-hydrogen) atoms. The van der Waals surface area contributed by atoms with Gasteiger partial charge in [-0.2, -0.15) is 0 Å². The molecule has 1 aromatic rings. The van der Waals surface area contributed by atoms with Crippen LogP contribution in [0.3, 0.4) is 0 Å². The van der Waals surface area contributed by atoms with E-state index in [0.717, 1.165) is 11.8 Å². The maximum absolute atomic E-state index is 11.4. The Bertz CT molecular complexity index is 649. The van der Waals surface area contributed by atoms with Crippen molar-refractivity contribution in [1.82, 2.24) is 5.32 Å². The highest BCUT2D eigenvalue weighted by atomic mass is 32.2. The second-order valence-electron chi connectivity index (χ2n) is 4.92. The Hall–Kier alpha value is -2.43. The Labute approximate surface area is 147 Å². The number of thioether (sulfide) groups is 1. The molecule has 0 aliphatic rings. The lowest BCUT2D eigenvalue weighted by atomic mass is 10.2. The van der Waals surface area contributed by atoms with Crippen molar-refractivity contribution in [2.45, 2.75) is 27.4 Å². The van der Waals surface area contributed by atoms with E-state index in [4.69, 9.17) is 4.74 Å². The molecular weight excluding hydrogens is 358 g/mol. The molecule has 1 rings (SSSR count). The summed E-state index contributed by atoms with van der Waals surface area (Å²) in [6, 6.07) is 0. The van der Waals surface area contributed by atoms with E-state index < -0.39 is 30.0 Å². The van der Waals surface area contributed by atoms with Crippen LogP contribution in [-0.4, -0.2) is 36.5 Å². The number of amides is 1. The number of nitrogens with one attached hydrogen (secondary N) is 1. The van der Waals surface area contributed by atoms with E-state index in [1.54, 1.807) is 13.8 Å². The van der Waals surface area contributed by atoms with Gasteiger partial charge in [0.2, 0.25) is 6.79 Å². The Morgan fingerprint density at radius 2 is 1.88 bits per heavy atom. The van der Waals surface area contributed by atoms with Crippen molar-refractivity contribution in [1.29, 1.82) is 0 Å². The van der Waals surface area contributed by atoms with Crippen LogP contribution in [0, 0.1) is 12.8 Å². The van der Waals surface area contributed by atoms with E-state index in [0.29, 0.717) is 0 Å². The van der Waals surface area contributed by atoms with Crippen molar-refractivity contribution in [3.05, 3.63) is 22.1 Å². The molecule has 0 atom stereocenters. The summed E-state index contributed by atoms with van der Waals surface area (Å²) in [7, 11) is 0. The highest BCUT2D eigenvalue weighted by molar-refractivity contribution is 8.13. The third kappa shape index (κ3) is 8.29. The first-order valence-corrected chi connectivity index (χ1v) is 8.24. The van der Waals surface area contributed by atoms with Crippen molar-refractivity contribution in [3.8, 4) is 0 Å². The molecule has 1 heterocycles. The number of rotatable bonds is 8. The Balaban J connectivity index is 2.09. The molecule has 0 unspecified atom stereocenters. The Kier molecular flexibility index (Phi) is 8.61. The van der Waals surface area contributed by atoms with Crippen molar-refractivity contribution < 1.29 is 37.4 Å². The molecule has 10 nitrogen and oxygen atoms in total. The van der Waals surface area contributed by atoms with Gasteiger partial charge in [0.15, 0.2) is 18.1 Å². The smallest absolute Gasteiger partial charge is 0.441 e. The summed E-state index contributed by atoms with van der Waals surface area (Å²) in [5.41, 5.74) is 0. The summed E-state index contributed by atoms with van der Waals surface area (Å²) in [6.45, 7) is 4.25. The van der Waals surface area contributed by atoms with E-state index in [2.05, 4.69) is 23.6 Å². The largest absolute Gasteiger partial charge is 0.519 e. The lowest BCUT2D eigenvalue weighted by molar-refractivity contribution is -0.155. The van der Waals surface area contributed by atoms with E-state index in [-0.39, 0.29) is 36.3 Å². The van der Waals surface area contributed by atoms with Crippen LogP contribution in [-0.2, 0) is 25.6 Å². The van der Waals surface area contributed by atoms with Crippen molar-refractivity contribution in [2.75, 3.05) is 19.1 Å². The van der Waals surface area contributed by atoms with Gasteiger partial charge in [0, 0.05) is 12.3 Å². The summed E-state index contributed by atoms with van der Waals surface area (Å²) in [5.74, 6) is -1.06. The van der Waals surface area contributed by atoms with E-state index in [9.17, 15) is 19.2 Å². The van der Waals surface area contributed by atoms with Crippen LogP contribution in [0.15, 0.2) is 13.6 Å². The quantitative estimate of drug-likeness (QED) is 0.406. The molecule has 0 spiro atoms. The third-order valence-electron chi connectivity index (χ3n) is 2.61. The van der Waals surface area contributed by atoms with E-state index in [1.165, 1.54) is 6.92 Å². The lowest BCUT2D eigenvalue weighted by Crippen LogP contribution is -2.26. The van der Waals surface area contributed by atoms with Gasteiger partial charge in [0.05, 0.1) is 5.92 Å². The normalized spacial score (nSPS) is 10.4. The number of alkyl carbamates (subject to hydrolysis) is 1. The van der Waals surface area contributed by atoms with Crippen LogP contribution in [0.25, 0.3) is 0 Å². The number of esters is 1. The zero-order chi connectivity index (χ0) is 18.8. The van der Waals surface area contributed by atoms with Crippen LogP contribution in [0.4, 0.5) is 9.59 Å². The fourth-order valence-electron chi connectivity index (χ4n) is 1.32. The second kappa shape index (κ2) is 10.4. The number of carbonyl (C=O) groups is 3. The standard InChI is InChI=1S/C14H19NO9S/c1-8(2)11(16)21-7-22-14(19)25-5-4-15-12(17)20-6-10-9(3)23-13(18)24-10/h8H,4-7H2,1-3H3,(H,15,17). The fourth-order valence-corrected chi connectivity index (χ4v) is 1.82. The zero-order valence-electron chi connectivity index (χ0n) is 14.0. The molecule has 0 radical (unpaired) electrons. The molecule has 0 aromatic carbocycles. The summed E-state index contributed by atoms with van der Waals surface area (Å²) < 4.78 is 23.4. The topological polar surface area (TPSA) is 134 Å². The molecular formula is C14H19NO9S. The van der Waals surface area contributed by atoms with Crippen LogP contribution >= 0.6 is 11.8 Å². The maximum atomic E-state index is 11.4. The van der Waals surface area contributed by atoms with Gasteiger partial charge >= 0.3 is 23.2 Å². The van der Waals surface area contributed by atoms with Gasteiger partial charge in [-0.15, -0.1) is 0 Å². The van der Waals surface area contributed by atoms with Crippen LogP contribution in [0.5, 0.6) is 0 Å². The number of aryl methyl sites for hydroxylation is 1. The minimum atomic E-state index is -0.870. The first-order valence-electron chi connectivity index (χ1n) is 7.25. The minimum absolute atomic E-state index is 0.119. The van der Waals surface area contributed by atoms with Gasteiger partial charge in [0.25, 0.3) is 0 Å². The summed E-state index contributed by atoms with van der Waals surface area (Å²) in [6.07, 6.45) is -0.747. The number of hydrogen-bond acceptors (Lipinski definition) is 10. The molecule has 0 bridgehead atoms. The predicted molar refractivity (Wildman–Crippen MR) is 84.9 cm³/mol. The summed E-state index contributed by atoms with van der Waals surface area (Å²) >= 11 is 0.801. The molecule has 1 aromatic heterocycles. The molecule has 1 N–H and O–H groups in total. The average molecular weight is 377 g/mol. The average Bonchev–Trinajstić information content (AvgIpc) is 2.87. The molecule has 0 saturated heterocycles. The van der Waals surface area contributed by atoms with Crippen LogP contribution in [0.2, 0.25) is 0 Å². The maximum Gasteiger partial charge on any atom is 0.519 e. The monoisotopic (exact) mass is 377 g/mol. The van der Waals surface area contributed by atoms with Gasteiger partial charge < -0.3 is 28.4 Å². The Morgan fingerprint density at radius 3 is 2.48 bits per heavy atom. The van der Waals surface area contributed by atoms with E-state index in [1.807, 2.05) is 0 Å². The zero-order valence-corrected chi connectivity index (χ0v) is 14.8. The SMILES string of the molecule is Cc1oc(=O)oc1COC(=O)NCCSC(=O)OCOC(=O)C(C)C. The summed E-state index contributed by atoms with van der Waals surface area (Å²) in [4.78, 5) is 44.7. The molecule has 0 aliphatic carbocycles. The molecule has 0 saturated carbocycles. The molecule has 1 amide bonds. The summed E-state index contributed by atoms with van der Waals surface area (Å²) in [5, 5.41) is 1.76. The van der Waals surface area contributed by atoms with Crippen LogP contribution < -0.4 is 11.1 Å². The third-order valence-corrected chi connectivity index (χ3v) is 3.37. The molecule has 0 aliphatic heterocycles. The molecule has 0 fully saturated rings. The fraction of sp³-hybridized carbons (Fsp3) is 0.571. The Morgan fingerprint density at radius 1 is 1.16 bits per heavy atom. The van der Waals surface area contributed by atoms with Gasteiger partial charge in [-0.3, -0.25) is 4.79 Å². The number of carbonyl (C=O) groups excluding carboxylic acids is 3. The first kappa shape index (κ1) is 20.6. The lowest BCUT2D eigenvalue weighted by Gasteiger charge is -2.08. The van der Waals surface area contributed by atoms with Crippen molar-refractivity contribution in [2.24, 2.45) is 5.92 Å². The van der Waals surface area contributed by atoms with Gasteiger partial charge in [-0.05, 0) is 18.7 Å². The predicted octanol–water partition coefficient (Wildman–Crippen LogP) is 1.79. The van der Waals surface area contributed by atoms with Crippen molar-refractivity contribution in [3.63, 3.8) is 0 Å². The van der Waals surface area contributed by atoms with Crippen LogP contribution in [0.1, 0.15) is 25.4 Å². The van der Waals surface area contributed by atoms with Gasteiger partial charge in [-0.25, -0.2) is 14.4 Å². The molecule has 140 valence electrons. The minimum Gasteiger partial charge on any atom is -0.441 e. The highest BCUT2D eigenvalue weighted by Crippen LogP contribution is 2.07. The number of hydrogen-bond donors (Lipinski definition) is 1. The highest BCUT2D eigenvalue weighted by Gasteiger charge is 2.12. The van der Waals surface area contributed by atoms with Crippen molar-refractivity contribution >= 4 is 29.1 Å². The number of ether oxygens (including phenoxy) is 3. The first-order chi connectivity index (χ1) is 11.8. The second-order valence-corrected chi connectivity index (χ2v) is 5.95.